The van der Waals surface area contributed by atoms with Crippen LogP contribution in [0.4, 0.5) is 4.39 Å². The number of halogens is 4. The van der Waals surface area contributed by atoms with Gasteiger partial charge in [-0.05, 0) is 29.8 Å². The Morgan fingerprint density at radius 2 is 1.78 bits per heavy atom. The first-order valence-electron chi connectivity index (χ1n) is 4.94. The summed E-state index contributed by atoms with van der Waals surface area (Å²) in [4.78, 5) is 3.71. The van der Waals surface area contributed by atoms with Crippen molar-refractivity contribution in [2.45, 2.75) is 6.61 Å². The molecule has 0 spiro atoms. The van der Waals surface area contributed by atoms with Crippen LogP contribution in [0.5, 0.6) is 0 Å². The van der Waals surface area contributed by atoms with Gasteiger partial charge in [-0.15, -0.1) is 0 Å². The lowest BCUT2D eigenvalue weighted by Crippen LogP contribution is -1.94. The van der Waals surface area contributed by atoms with E-state index in [4.69, 9.17) is 39.9 Å². The first-order valence-corrected chi connectivity index (χ1v) is 6.07. The van der Waals surface area contributed by atoms with E-state index in [1.54, 1.807) is 12.1 Å². The van der Waals surface area contributed by atoms with E-state index >= 15 is 0 Å². The van der Waals surface area contributed by atoms with E-state index in [0.29, 0.717) is 21.2 Å². The van der Waals surface area contributed by atoms with Crippen LogP contribution >= 0.6 is 34.8 Å². The van der Waals surface area contributed by atoms with Gasteiger partial charge in [0.05, 0.1) is 27.4 Å². The van der Waals surface area contributed by atoms with Crippen molar-refractivity contribution >= 4 is 34.8 Å². The minimum absolute atomic E-state index is 0.200. The summed E-state index contributed by atoms with van der Waals surface area (Å²) in [6.45, 7) is -0.303. The Labute approximate surface area is 118 Å². The van der Waals surface area contributed by atoms with Crippen LogP contribution in [-0.4, -0.2) is 10.1 Å². The second kappa shape index (κ2) is 5.41. The molecule has 94 valence electrons. The number of rotatable bonds is 2. The van der Waals surface area contributed by atoms with Crippen molar-refractivity contribution in [3.8, 4) is 11.3 Å². The number of pyridine rings is 1. The van der Waals surface area contributed by atoms with Crippen LogP contribution in [0.1, 0.15) is 5.56 Å². The zero-order chi connectivity index (χ0) is 13.3. The van der Waals surface area contributed by atoms with Crippen molar-refractivity contribution in [1.29, 1.82) is 0 Å². The van der Waals surface area contributed by atoms with Crippen molar-refractivity contribution in [3.05, 3.63) is 50.8 Å². The van der Waals surface area contributed by atoms with Gasteiger partial charge < -0.3 is 5.11 Å². The van der Waals surface area contributed by atoms with Gasteiger partial charge in [0.15, 0.2) is 0 Å². The van der Waals surface area contributed by atoms with Gasteiger partial charge in [-0.1, -0.05) is 34.8 Å². The van der Waals surface area contributed by atoms with E-state index in [1.165, 1.54) is 6.07 Å². The molecule has 0 unspecified atom stereocenters. The summed E-state index contributed by atoms with van der Waals surface area (Å²) in [6, 6.07) is 5.74. The third-order valence-electron chi connectivity index (χ3n) is 2.34. The Balaban J connectivity index is 2.69. The second-order valence-electron chi connectivity index (χ2n) is 3.56. The Hall–Kier alpha value is -0.870. The highest BCUT2D eigenvalue weighted by Gasteiger charge is 2.14. The molecular formula is C12H7Cl3FNO. The van der Waals surface area contributed by atoms with Crippen LogP contribution in [0, 0.1) is 5.95 Å². The predicted molar refractivity (Wildman–Crippen MR) is 70.6 cm³/mol. The molecule has 1 heterocycles. The van der Waals surface area contributed by atoms with E-state index < -0.39 is 5.95 Å². The van der Waals surface area contributed by atoms with E-state index in [0.717, 1.165) is 6.07 Å². The van der Waals surface area contributed by atoms with E-state index in [2.05, 4.69) is 4.98 Å². The van der Waals surface area contributed by atoms with Crippen molar-refractivity contribution < 1.29 is 9.50 Å². The van der Waals surface area contributed by atoms with Gasteiger partial charge in [0.1, 0.15) is 0 Å². The summed E-state index contributed by atoms with van der Waals surface area (Å²) in [5, 5.41) is 9.85. The van der Waals surface area contributed by atoms with Gasteiger partial charge >= 0.3 is 0 Å². The average molecular weight is 307 g/mol. The Morgan fingerprint density at radius 3 is 2.44 bits per heavy atom. The van der Waals surface area contributed by atoms with Crippen LogP contribution < -0.4 is 0 Å². The molecule has 2 aromatic rings. The Morgan fingerprint density at radius 1 is 1.11 bits per heavy atom. The fourth-order valence-corrected chi connectivity index (χ4v) is 2.25. The number of nitrogens with zero attached hydrogens (tertiary/aromatic N) is 1. The number of hydrogen-bond donors (Lipinski definition) is 1. The maximum absolute atomic E-state index is 13.3. The zero-order valence-electron chi connectivity index (χ0n) is 8.92. The molecule has 1 aromatic heterocycles. The standard InChI is InChI=1S/C12H7Cl3FNO/c13-7-1-2-8(14)12(15)11(7)9-3-6(5-18)4-10(16)17-9/h1-4,18H,5H2. The van der Waals surface area contributed by atoms with E-state index in [1.807, 2.05) is 0 Å². The quantitative estimate of drug-likeness (QED) is 0.661. The normalized spacial score (nSPS) is 10.7. The molecule has 0 bridgehead atoms. The molecule has 2 rings (SSSR count). The molecule has 2 nitrogen and oxygen atoms in total. The Bertz CT molecular complexity index is 604. The molecule has 0 saturated carbocycles. The van der Waals surface area contributed by atoms with Crippen LogP contribution in [-0.2, 0) is 6.61 Å². The summed E-state index contributed by atoms with van der Waals surface area (Å²) >= 11 is 17.9. The zero-order valence-corrected chi connectivity index (χ0v) is 11.2. The van der Waals surface area contributed by atoms with Gasteiger partial charge in [-0.25, -0.2) is 4.98 Å². The maximum Gasteiger partial charge on any atom is 0.213 e. The average Bonchev–Trinajstić information content (AvgIpc) is 2.34. The van der Waals surface area contributed by atoms with Crippen molar-refractivity contribution in [2.24, 2.45) is 0 Å². The van der Waals surface area contributed by atoms with Crippen LogP contribution in [0.2, 0.25) is 15.1 Å². The van der Waals surface area contributed by atoms with Crippen LogP contribution in [0.3, 0.4) is 0 Å². The highest BCUT2D eigenvalue weighted by atomic mass is 35.5. The first-order chi connectivity index (χ1) is 8.52. The third-order valence-corrected chi connectivity index (χ3v) is 3.46. The van der Waals surface area contributed by atoms with Crippen molar-refractivity contribution in [3.63, 3.8) is 0 Å². The molecule has 0 amide bonds. The molecule has 0 aliphatic heterocycles. The minimum Gasteiger partial charge on any atom is -0.392 e. The summed E-state index contributed by atoms with van der Waals surface area (Å²) < 4.78 is 13.3. The lowest BCUT2D eigenvalue weighted by molar-refractivity contribution is 0.281. The monoisotopic (exact) mass is 305 g/mol. The minimum atomic E-state index is -0.719. The second-order valence-corrected chi connectivity index (χ2v) is 4.75. The fraction of sp³-hybridized carbons (Fsp3) is 0.0833. The first kappa shape index (κ1) is 13.6. The molecule has 0 radical (unpaired) electrons. The number of aliphatic hydroxyl groups is 1. The van der Waals surface area contributed by atoms with Gasteiger partial charge in [0, 0.05) is 5.56 Å². The molecule has 1 aromatic carbocycles. The van der Waals surface area contributed by atoms with Crippen molar-refractivity contribution in [1.82, 2.24) is 4.98 Å². The highest BCUT2D eigenvalue weighted by Crippen LogP contribution is 2.38. The molecule has 0 saturated heterocycles. The maximum atomic E-state index is 13.3. The molecule has 1 N–H and O–H groups in total. The molecule has 18 heavy (non-hydrogen) atoms. The largest absolute Gasteiger partial charge is 0.392 e. The highest BCUT2D eigenvalue weighted by molar-refractivity contribution is 6.46. The molecule has 0 fully saturated rings. The summed E-state index contributed by atoms with van der Waals surface area (Å²) in [7, 11) is 0. The molecular weight excluding hydrogens is 299 g/mol. The summed E-state index contributed by atoms with van der Waals surface area (Å²) in [5.74, 6) is -0.719. The smallest absolute Gasteiger partial charge is 0.213 e. The van der Waals surface area contributed by atoms with E-state index in [9.17, 15) is 4.39 Å². The number of hydrogen-bond acceptors (Lipinski definition) is 2. The fourth-order valence-electron chi connectivity index (χ4n) is 1.53. The Kier molecular flexibility index (Phi) is 4.07. The molecule has 0 aliphatic carbocycles. The van der Waals surface area contributed by atoms with Crippen molar-refractivity contribution in [2.75, 3.05) is 0 Å². The van der Waals surface area contributed by atoms with Crippen LogP contribution in [0.15, 0.2) is 24.3 Å². The van der Waals surface area contributed by atoms with Crippen LogP contribution in [0.25, 0.3) is 11.3 Å². The van der Waals surface area contributed by atoms with Gasteiger partial charge in [0.2, 0.25) is 5.95 Å². The molecule has 0 atom stereocenters. The topological polar surface area (TPSA) is 33.1 Å². The summed E-state index contributed by atoms with van der Waals surface area (Å²) in [5.41, 5.74) is 0.959. The van der Waals surface area contributed by atoms with E-state index in [-0.39, 0.29) is 17.3 Å². The summed E-state index contributed by atoms with van der Waals surface area (Å²) in [6.07, 6.45) is 0. The van der Waals surface area contributed by atoms with Gasteiger partial charge in [-0.2, -0.15) is 4.39 Å². The van der Waals surface area contributed by atoms with Gasteiger partial charge in [-0.3, -0.25) is 0 Å². The molecule has 6 heteroatoms. The lowest BCUT2D eigenvalue weighted by Gasteiger charge is -2.09. The number of aromatic nitrogens is 1. The predicted octanol–water partition coefficient (Wildman–Crippen LogP) is 4.34. The lowest BCUT2D eigenvalue weighted by atomic mass is 10.1. The molecule has 0 aliphatic rings. The number of aliphatic hydroxyl groups excluding tert-OH is 1. The van der Waals surface area contributed by atoms with Gasteiger partial charge in [0.25, 0.3) is 0 Å². The third kappa shape index (κ3) is 2.59. The SMILES string of the molecule is OCc1cc(F)nc(-c2c(Cl)ccc(Cl)c2Cl)c1. The number of benzene rings is 1.